The Balaban J connectivity index is 1.68. The van der Waals surface area contributed by atoms with Gasteiger partial charge in [0.15, 0.2) is 0 Å². The summed E-state index contributed by atoms with van der Waals surface area (Å²) in [7, 11) is 0. The Morgan fingerprint density at radius 3 is 2.26 bits per heavy atom. The zero-order valence-electron chi connectivity index (χ0n) is 12.1. The van der Waals surface area contributed by atoms with Gasteiger partial charge in [0.05, 0.1) is 6.61 Å². The molecule has 0 saturated heterocycles. The van der Waals surface area contributed by atoms with E-state index in [1.54, 1.807) is 0 Å². The number of hydrogen-bond acceptors (Lipinski definition) is 2. The molecule has 2 fully saturated rings. The summed E-state index contributed by atoms with van der Waals surface area (Å²) >= 11 is 0. The number of nitrogens with two attached hydrogens (primary N) is 1. The van der Waals surface area contributed by atoms with E-state index in [0.717, 1.165) is 18.9 Å². The van der Waals surface area contributed by atoms with Gasteiger partial charge in [0.1, 0.15) is 5.75 Å². The average molecular weight is 259 g/mol. The van der Waals surface area contributed by atoms with Crippen LogP contribution in [0, 0.1) is 11.3 Å². The SMILES string of the molecule is CC(C)COc1ccc(C2(CN)CC3(CC3)C2)cc1. The molecule has 0 radical (unpaired) electrons. The Hall–Kier alpha value is -1.02. The molecule has 2 aliphatic rings. The Morgan fingerprint density at radius 1 is 1.16 bits per heavy atom. The molecule has 19 heavy (non-hydrogen) atoms. The van der Waals surface area contributed by atoms with Crippen molar-refractivity contribution in [1.82, 2.24) is 0 Å². The minimum absolute atomic E-state index is 0.257. The summed E-state index contributed by atoms with van der Waals surface area (Å²) in [4.78, 5) is 0. The molecule has 0 aliphatic heterocycles. The van der Waals surface area contributed by atoms with Crippen LogP contribution in [0.3, 0.4) is 0 Å². The molecule has 104 valence electrons. The third kappa shape index (κ3) is 2.38. The van der Waals surface area contributed by atoms with Crippen molar-refractivity contribution in [1.29, 1.82) is 0 Å². The molecule has 0 bridgehead atoms. The molecule has 1 aromatic rings. The van der Waals surface area contributed by atoms with Crippen molar-refractivity contribution < 1.29 is 4.74 Å². The van der Waals surface area contributed by atoms with Crippen LogP contribution in [0.5, 0.6) is 5.75 Å². The van der Waals surface area contributed by atoms with Crippen LogP contribution in [0.25, 0.3) is 0 Å². The predicted octanol–water partition coefficient (Wildman–Crippen LogP) is 3.49. The standard InChI is InChI=1S/C17H25NO/c1-13(2)9-19-15-5-3-14(4-6-15)17(12-18)10-16(11-17)7-8-16/h3-6,13H,7-12,18H2,1-2H3. The molecule has 1 spiro atoms. The van der Waals surface area contributed by atoms with Gasteiger partial charge in [0, 0.05) is 12.0 Å². The first-order valence-corrected chi connectivity index (χ1v) is 7.51. The summed E-state index contributed by atoms with van der Waals surface area (Å²) < 4.78 is 5.74. The second-order valence-corrected chi connectivity index (χ2v) is 7.07. The predicted molar refractivity (Wildman–Crippen MR) is 78.4 cm³/mol. The fourth-order valence-corrected chi connectivity index (χ4v) is 3.55. The van der Waals surface area contributed by atoms with E-state index in [2.05, 4.69) is 38.1 Å². The monoisotopic (exact) mass is 259 g/mol. The second kappa shape index (κ2) is 4.52. The summed E-state index contributed by atoms with van der Waals surface area (Å²) in [6.07, 6.45) is 5.43. The highest BCUT2D eigenvalue weighted by Crippen LogP contribution is 2.68. The van der Waals surface area contributed by atoms with Crippen LogP contribution in [-0.4, -0.2) is 13.2 Å². The van der Waals surface area contributed by atoms with E-state index in [1.165, 1.54) is 31.2 Å². The van der Waals surface area contributed by atoms with Gasteiger partial charge in [0.2, 0.25) is 0 Å². The maximum absolute atomic E-state index is 6.05. The average Bonchev–Trinajstić information content (AvgIpc) is 3.15. The number of ether oxygens (including phenoxy) is 1. The molecule has 2 saturated carbocycles. The maximum atomic E-state index is 6.05. The van der Waals surface area contributed by atoms with Crippen molar-refractivity contribution in [2.45, 2.75) is 44.9 Å². The Morgan fingerprint density at radius 2 is 1.79 bits per heavy atom. The zero-order chi connectivity index (χ0) is 13.5. The zero-order valence-corrected chi connectivity index (χ0v) is 12.1. The molecule has 0 aromatic heterocycles. The second-order valence-electron chi connectivity index (χ2n) is 7.07. The molecule has 2 aliphatic carbocycles. The van der Waals surface area contributed by atoms with Crippen LogP contribution < -0.4 is 10.5 Å². The quantitative estimate of drug-likeness (QED) is 0.878. The Kier molecular flexibility index (Phi) is 3.09. The van der Waals surface area contributed by atoms with Crippen LogP contribution in [0.4, 0.5) is 0 Å². The topological polar surface area (TPSA) is 35.2 Å². The molecular formula is C17H25NO. The maximum Gasteiger partial charge on any atom is 0.119 e. The van der Waals surface area contributed by atoms with Crippen molar-refractivity contribution in [3.8, 4) is 5.75 Å². The summed E-state index contributed by atoms with van der Waals surface area (Å²) in [5.74, 6) is 1.54. The summed E-state index contributed by atoms with van der Waals surface area (Å²) in [6, 6.07) is 8.65. The van der Waals surface area contributed by atoms with Crippen LogP contribution >= 0.6 is 0 Å². The highest BCUT2D eigenvalue weighted by Gasteiger charge is 2.60. The smallest absolute Gasteiger partial charge is 0.119 e. The molecule has 0 atom stereocenters. The summed E-state index contributed by atoms with van der Waals surface area (Å²) in [5, 5.41) is 0. The lowest BCUT2D eigenvalue weighted by molar-refractivity contribution is 0.126. The van der Waals surface area contributed by atoms with Crippen molar-refractivity contribution in [2.75, 3.05) is 13.2 Å². The van der Waals surface area contributed by atoms with E-state index in [-0.39, 0.29) is 5.41 Å². The van der Waals surface area contributed by atoms with E-state index in [4.69, 9.17) is 10.5 Å². The Bertz CT molecular complexity index is 437. The van der Waals surface area contributed by atoms with Gasteiger partial charge >= 0.3 is 0 Å². The van der Waals surface area contributed by atoms with E-state index in [0.29, 0.717) is 11.3 Å². The lowest BCUT2D eigenvalue weighted by Crippen LogP contribution is -2.48. The van der Waals surface area contributed by atoms with E-state index in [1.807, 2.05) is 0 Å². The van der Waals surface area contributed by atoms with E-state index in [9.17, 15) is 0 Å². The van der Waals surface area contributed by atoms with Crippen molar-refractivity contribution in [3.63, 3.8) is 0 Å². The molecule has 2 heteroatoms. The first-order chi connectivity index (χ1) is 9.07. The fourth-order valence-electron chi connectivity index (χ4n) is 3.55. The normalized spacial score (nSPS) is 22.3. The van der Waals surface area contributed by atoms with Gasteiger partial charge in [-0.3, -0.25) is 0 Å². The van der Waals surface area contributed by atoms with Gasteiger partial charge in [0.25, 0.3) is 0 Å². The van der Waals surface area contributed by atoms with Gasteiger partial charge in [-0.25, -0.2) is 0 Å². The lowest BCUT2D eigenvalue weighted by atomic mass is 9.56. The summed E-state index contributed by atoms with van der Waals surface area (Å²) in [6.45, 7) is 5.90. The fraction of sp³-hybridized carbons (Fsp3) is 0.647. The molecule has 2 N–H and O–H groups in total. The molecule has 0 unspecified atom stereocenters. The van der Waals surface area contributed by atoms with Gasteiger partial charge in [-0.2, -0.15) is 0 Å². The van der Waals surface area contributed by atoms with E-state index >= 15 is 0 Å². The highest BCUT2D eigenvalue weighted by molar-refractivity contribution is 5.37. The third-order valence-electron chi connectivity index (χ3n) is 4.82. The number of hydrogen-bond donors (Lipinski definition) is 1. The number of rotatable bonds is 5. The van der Waals surface area contributed by atoms with Crippen molar-refractivity contribution in [2.24, 2.45) is 17.1 Å². The minimum Gasteiger partial charge on any atom is -0.493 e. The van der Waals surface area contributed by atoms with Gasteiger partial charge in [-0.05, 0) is 54.7 Å². The van der Waals surface area contributed by atoms with Crippen molar-refractivity contribution in [3.05, 3.63) is 29.8 Å². The highest BCUT2D eigenvalue weighted by atomic mass is 16.5. The van der Waals surface area contributed by atoms with Crippen LogP contribution in [-0.2, 0) is 5.41 Å². The first kappa shape index (κ1) is 13.0. The van der Waals surface area contributed by atoms with Gasteiger partial charge in [-0.15, -0.1) is 0 Å². The van der Waals surface area contributed by atoms with Crippen LogP contribution in [0.1, 0.15) is 45.1 Å². The molecule has 2 nitrogen and oxygen atoms in total. The molecule has 3 rings (SSSR count). The van der Waals surface area contributed by atoms with Crippen LogP contribution in [0.15, 0.2) is 24.3 Å². The molecular weight excluding hydrogens is 234 g/mol. The largest absolute Gasteiger partial charge is 0.493 e. The summed E-state index contributed by atoms with van der Waals surface area (Å²) in [5.41, 5.74) is 8.41. The first-order valence-electron chi connectivity index (χ1n) is 7.51. The Labute approximate surface area is 116 Å². The number of benzene rings is 1. The third-order valence-corrected chi connectivity index (χ3v) is 4.82. The molecule has 0 amide bonds. The lowest BCUT2D eigenvalue weighted by Gasteiger charge is -2.48. The molecule has 1 aromatic carbocycles. The van der Waals surface area contributed by atoms with E-state index < -0.39 is 0 Å². The minimum atomic E-state index is 0.257. The van der Waals surface area contributed by atoms with Gasteiger partial charge in [-0.1, -0.05) is 26.0 Å². The molecule has 0 heterocycles. The van der Waals surface area contributed by atoms with Crippen LogP contribution in [0.2, 0.25) is 0 Å². The van der Waals surface area contributed by atoms with Gasteiger partial charge < -0.3 is 10.5 Å². The van der Waals surface area contributed by atoms with Crippen molar-refractivity contribution >= 4 is 0 Å².